The van der Waals surface area contributed by atoms with E-state index in [0.29, 0.717) is 5.95 Å². The molecule has 3 aromatic rings. The Morgan fingerprint density at radius 3 is 2.45 bits per heavy atom. The van der Waals surface area contributed by atoms with E-state index < -0.39 is 5.97 Å². The van der Waals surface area contributed by atoms with Crippen molar-refractivity contribution in [3.05, 3.63) is 54.4 Å². The maximum Gasteiger partial charge on any atom is 0.335 e. The number of benzene rings is 2. The molecule has 5 nitrogen and oxygen atoms in total. The number of aromatic carboxylic acids is 1. The van der Waals surface area contributed by atoms with Crippen LogP contribution in [0.5, 0.6) is 0 Å². The standard InChI is InChI=1S/C17H15N3O2/c1-20(2)17-18-9-13(10-19-17)14-5-3-4-11-8-12(16(21)22)6-7-15(11)14/h3-10H,1-2H3,(H,21,22). The monoisotopic (exact) mass is 293 g/mol. The van der Waals surface area contributed by atoms with Crippen LogP contribution in [0.3, 0.4) is 0 Å². The van der Waals surface area contributed by atoms with E-state index in [1.54, 1.807) is 24.5 Å². The van der Waals surface area contributed by atoms with E-state index in [1.807, 2.05) is 43.3 Å². The predicted octanol–water partition coefficient (Wildman–Crippen LogP) is 3.06. The first-order valence-electron chi connectivity index (χ1n) is 6.82. The number of carboxylic acid groups (broad SMARTS) is 1. The highest BCUT2D eigenvalue weighted by molar-refractivity contribution is 6.00. The first-order valence-corrected chi connectivity index (χ1v) is 6.82. The summed E-state index contributed by atoms with van der Waals surface area (Å²) in [6, 6.07) is 10.9. The quantitative estimate of drug-likeness (QED) is 0.804. The summed E-state index contributed by atoms with van der Waals surface area (Å²) in [4.78, 5) is 21.6. The van der Waals surface area contributed by atoms with Gasteiger partial charge in [-0.1, -0.05) is 24.3 Å². The van der Waals surface area contributed by atoms with E-state index in [9.17, 15) is 4.79 Å². The van der Waals surface area contributed by atoms with Crippen molar-refractivity contribution in [3.63, 3.8) is 0 Å². The summed E-state index contributed by atoms with van der Waals surface area (Å²) in [6.45, 7) is 0. The van der Waals surface area contributed by atoms with Gasteiger partial charge >= 0.3 is 5.97 Å². The molecule has 0 unspecified atom stereocenters. The Hall–Kier alpha value is -2.95. The molecule has 1 heterocycles. The lowest BCUT2D eigenvalue weighted by Gasteiger charge is -2.11. The molecular formula is C17H15N3O2. The van der Waals surface area contributed by atoms with Crippen molar-refractivity contribution in [3.8, 4) is 11.1 Å². The van der Waals surface area contributed by atoms with Crippen molar-refractivity contribution in [2.75, 3.05) is 19.0 Å². The third-order valence-corrected chi connectivity index (χ3v) is 3.48. The second kappa shape index (κ2) is 5.44. The van der Waals surface area contributed by atoms with Gasteiger partial charge in [0, 0.05) is 32.1 Å². The smallest absolute Gasteiger partial charge is 0.335 e. The first kappa shape index (κ1) is 14.0. The topological polar surface area (TPSA) is 66.3 Å². The molecule has 0 atom stereocenters. The lowest BCUT2D eigenvalue weighted by atomic mass is 9.99. The molecule has 5 heteroatoms. The van der Waals surface area contributed by atoms with E-state index in [1.165, 1.54) is 0 Å². The van der Waals surface area contributed by atoms with Crippen molar-refractivity contribution in [1.82, 2.24) is 9.97 Å². The van der Waals surface area contributed by atoms with Crippen LogP contribution in [-0.4, -0.2) is 35.1 Å². The van der Waals surface area contributed by atoms with Crippen molar-refractivity contribution in [2.24, 2.45) is 0 Å². The largest absolute Gasteiger partial charge is 0.478 e. The van der Waals surface area contributed by atoms with Crippen molar-refractivity contribution < 1.29 is 9.90 Å². The molecule has 0 aliphatic rings. The van der Waals surface area contributed by atoms with Crippen LogP contribution in [0.1, 0.15) is 10.4 Å². The summed E-state index contributed by atoms with van der Waals surface area (Å²) in [5, 5.41) is 11.0. The highest BCUT2D eigenvalue weighted by Gasteiger charge is 2.08. The van der Waals surface area contributed by atoms with E-state index >= 15 is 0 Å². The normalized spacial score (nSPS) is 10.6. The molecule has 2 aromatic carbocycles. The van der Waals surface area contributed by atoms with Crippen LogP contribution < -0.4 is 4.90 Å². The number of anilines is 1. The first-order chi connectivity index (χ1) is 10.6. The molecule has 3 rings (SSSR count). The van der Waals surface area contributed by atoms with Crippen LogP contribution in [0, 0.1) is 0 Å². The fourth-order valence-electron chi connectivity index (χ4n) is 2.36. The Morgan fingerprint density at radius 2 is 1.82 bits per heavy atom. The minimum Gasteiger partial charge on any atom is -0.478 e. The number of rotatable bonds is 3. The molecule has 0 amide bonds. The summed E-state index contributed by atoms with van der Waals surface area (Å²) >= 11 is 0. The number of carbonyl (C=O) groups is 1. The molecule has 1 N–H and O–H groups in total. The molecule has 0 bridgehead atoms. The summed E-state index contributed by atoms with van der Waals surface area (Å²) in [7, 11) is 3.78. The molecule has 22 heavy (non-hydrogen) atoms. The zero-order valence-electron chi connectivity index (χ0n) is 12.3. The van der Waals surface area contributed by atoms with Gasteiger partial charge in [-0.3, -0.25) is 0 Å². The van der Waals surface area contributed by atoms with E-state index in [0.717, 1.165) is 21.9 Å². The van der Waals surface area contributed by atoms with Crippen LogP contribution in [0.15, 0.2) is 48.8 Å². The minimum atomic E-state index is -0.925. The lowest BCUT2D eigenvalue weighted by Crippen LogP contribution is -2.12. The van der Waals surface area contributed by atoms with Gasteiger partial charge < -0.3 is 10.0 Å². The summed E-state index contributed by atoms with van der Waals surface area (Å²) in [5.41, 5.74) is 2.17. The zero-order chi connectivity index (χ0) is 15.7. The zero-order valence-corrected chi connectivity index (χ0v) is 12.3. The van der Waals surface area contributed by atoms with Gasteiger partial charge in [-0.05, 0) is 28.5 Å². The number of aromatic nitrogens is 2. The molecule has 0 aliphatic carbocycles. The predicted molar refractivity (Wildman–Crippen MR) is 86.3 cm³/mol. The van der Waals surface area contributed by atoms with Gasteiger partial charge in [0.05, 0.1) is 5.56 Å². The fraction of sp³-hybridized carbons (Fsp3) is 0.118. The minimum absolute atomic E-state index is 0.281. The van der Waals surface area contributed by atoms with Gasteiger partial charge in [0.25, 0.3) is 0 Å². The van der Waals surface area contributed by atoms with E-state index in [-0.39, 0.29) is 5.56 Å². The van der Waals surface area contributed by atoms with Crippen molar-refractivity contribution in [1.29, 1.82) is 0 Å². The molecule has 0 saturated heterocycles. The van der Waals surface area contributed by atoms with Gasteiger partial charge in [0.15, 0.2) is 0 Å². The average Bonchev–Trinajstić information content (AvgIpc) is 2.53. The Labute approximate surface area is 127 Å². The third-order valence-electron chi connectivity index (χ3n) is 3.48. The number of hydrogen-bond donors (Lipinski definition) is 1. The molecule has 0 spiro atoms. The van der Waals surface area contributed by atoms with Crippen molar-refractivity contribution in [2.45, 2.75) is 0 Å². The molecule has 1 aromatic heterocycles. The van der Waals surface area contributed by atoms with Gasteiger partial charge in [0.1, 0.15) is 0 Å². The van der Waals surface area contributed by atoms with Gasteiger partial charge in [-0.2, -0.15) is 0 Å². The lowest BCUT2D eigenvalue weighted by molar-refractivity contribution is 0.0697. The molecule has 0 radical (unpaired) electrons. The summed E-state index contributed by atoms with van der Waals surface area (Å²) in [5.74, 6) is -0.275. The Morgan fingerprint density at radius 1 is 1.09 bits per heavy atom. The maximum atomic E-state index is 11.1. The van der Waals surface area contributed by atoms with Crippen LogP contribution in [-0.2, 0) is 0 Å². The Kier molecular flexibility index (Phi) is 3.47. The van der Waals surface area contributed by atoms with Crippen molar-refractivity contribution >= 4 is 22.7 Å². The molecule has 0 saturated carbocycles. The maximum absolute atomic E-state index is 11.1. The number of nitrogens with zero attached hydrogens (tertiary/aromatic N) is 3. The van der Waals surface area contributed by atoms with Crippen LogP contribution >= 0.6 is 0 Å². The third kappa shape index (κ3) is 2.48. The fourth-order valence-corrected chi connectivity index (χ4v) is 2.36. The number of carboxylic acids is 1. The Bertz CT molecular complexity index is 842. The average molecular weight is 293 g/mol. The van der Waals surface area contributed by atoms with E-state index in [2.05, 4.69) is 9.97 Å². The second-order valence-electron chi connectivity index (χ2n) is 5.21. The van der Waals surface area contributed by atoms with Crippen LogP contribution in [0.2, 0.25) is 0 Å². The molecular weight excluding hydrogens is 278 g/mol. The number of hydrogen-bond acceptors (Lipinski definition) is 4. The van der Waals surface area contributed by atoms with E-state index in [4.69, 9.17) is 5.11 Å². The van der Waals surface area contributed by atoms with Crippen LogP contribution in [0.4, 0.5) is 5.95 Å². The second-order valence-corrected chi connectivity index (χ2v) is 5.21. The highest BCUT2D eigenvalue weighted by atomic mass is 16.4. The SMILES string of the molecule is CN(C)c1ncc(-c2cccc3cc(C(=O)O)ccc23)cn1. The molecule has 0 aliphatic heterocycles. The molecule has 0 fully saturated rings. The van der Waals surface area contributed by atoms with Gasteiger partial charge in [0.2, 0.25) is 5.95 Å². The van der Waals surface area contributed by atoms with Crippen LogP contribution in [0.25, 0.3) is 21.9 Å². The molecule has 110 valence electrons. The van der Waals surface area contributed by atoms with Gasteiger partial charge in [-0.15, -0.1) is 0 Å². The highest BCUT2D eigenvalue weighted by Crippen LogP contribution is 2.28. The summed E-state index contributed by atoms with van der Waals surface area (Å²) in [6.07, 6.45) is 3.56. The summed E-state index contributed by atoms with van der Waals surface area (Å²) < 4.78 is 0. The Balaban J connectivity index is 2.12. The number of fused-ring (bicyclic) bond motifs is 1. The van der Waals surface area contributed by atoms with Gasteiger partial charge in [-0.25, -0.2) is 14.8 Å².